The molecule has 1 aliphatic heterocycles. The zero-order valence-corrected chi connectivity index (χ0v) is 13.1. The summed E-state index contributed by atoms with van der Waals surface area (Å²) in [7, 11) is 0. The Hall–Kier alpha value is -1.35. The standard InChI is InChI=1S/C17H26N2O/c1-13-5-7-14(8-6-13)16(2,3)15(20)19-10-9-17(4,11-18)12-19/h5-8H,9-12,18H2,1-4H3. The minimum absolute atomic E-state index is 0.0824. The molecule has 1 saturated heterocycles. The number of carbonyl (C=O) groups is 1. The second-order valence-electron chi connectivity index (χ2n) is 6.98. The first-order valence-corrected chi connectivity index (χ1v) is 7.35. The molecule has 1 aliphatic rings. The van der Waals surface area contributed by atoms with Crippen molar-refractivity contribution in [3.05, 3.63) is 35.4 Å². The van der Waals surface area contributed by atoms with Gasteiger partial charge in [-0.15, -0.1) is 0 Å². The van der Waals surface area contributed by atoms with E-state index in [4.69, 9.17) is 5.73 Å². The number of nitrogens with two attached hydrogens (primary N) is 1. The van der Waals surface area contributed by atoms with Crippen LogP contribution in [-0.2, 0) is 10.2 Å². The molecule has 0 spiro atoms. The van der Waals surface area contributed by atoms with Gasteiger partial charge in [-0.2, -0.15) is 0 Å². The highest BCUT2D eigenvalue weighted by Crippen LogP contribution is 2.33. The quantitative estimate of drug-likeness (QED) is 0.920. The molecular formula is C17H26N2O. The molecule has 0 saturated carbocycles. The molecule has 1 aromatic rings. The van der Waals surface area contributed by atoms with Gasteiger partial charge in [0.2, 0.25) is 5.91 Å². The highest BCUT2D eigenvalue weighted by molar-refractivity contribution is 5.87. The Labute approximate surface area is 122 Å². The second-order valence-corrected chi connectivity index (χ2v) is 6.98. The summed E-state index contributed by atoms with van der Waals surface area (Å²) in [6.45, 7) is 10.5. The first-order chi connectivity index (χ1) is 9.28. The third-order valence-corrected chi connectivity index (χ3v) is 4.65. The molecule has 3 heteroatoms. The van der Waals surface area contributed by atoms with Gasteiger partial charge in [-0.25, -0.2) is 0 Å². The topological polar surface area (TPSA) is 46.3 Å². The first kappa shape index (κ1) is 15.0. The van der Waals surface area contributed by atoms with E-state index in [-0.39, 0.29) is 11.3 Å². The Bertz CT molecular complexity index is 492. The lowest BCUT2D eigenvalue weighted by Crippen LogP contribution is -2.43. The molecule has 1 aromatic carbocycles. The van der Waals surface area contributed by atoms with Crippen LogP contribution in [0.1, 0.15) is 38.3 Å². The van der Waals surface area contributed by atoms with Gasteiger partial charge >= 0.3 is 0 Å². The summed E-state index contributed by atoms with van der Waals surface area (Å²) in [6, 6.07) is 8.26. The average Bonchev–Trinajstić information content (AvgIpc) is 2.82. The van der Waals surface area contributed by atoms with Crippen LogP contribution < -0.4 is 5.73 Å². The van der Waals surface area contributed by atoms with E-state index in [1.807, 2.05) is 18.7 Å². The van der Waals surface area contributed by atoms with Crippen molar-refractivity contribution in [2.45, 2.75) is 39.5 Å². The Morgan fingerprint density at radius 2 is 1.95 bits per heavy atom. The molecule has 1 heterocycles. The molecule has 3 nitrogen and oxygen atoms in total. The lowest BCUT2D eigenvalue weighted by Gasteiger charge is -2.31. The van der Waals surface area contributed by atoms with Crippen LogP contribution in [0.4, 0.5) is 0 Å². The minimum Gasteiger partial charge on any atom is -0.341 e. The molecule has 20 heavy (non-hydrogen) atoms. The average molecular weight is 274 g/mol. The number of likely N-dealkylation sites (tertiary alicyclic amines) is 1. The van der Waals surface area contributed by atoms with Crippen LogP contribution in [0.15, 0.2) is 24.3 Å². The predicted molar refractivity (Wildman–Crippen MR) is 82.6 cm³/mol. The third-order valence-electron chi connectivity index (χ3n) is 4.65. The van der Waals surface area contributed by atoms with Crippen LogP contribution >= 0.6 is 0 Å². The van der Waals surface area contributed by atoms with Crippen molar-refractivity contribution >= 4 is 5.91 Å². The van der Waals surface area contributed by atoms with Gasteiger partial charge in [0, 0.05) is 13.1 Å². The maximum Gasteiger partial charge on any atom is 0.232 e. The van der Waals surface area contributed by atoms with E-state index >= 15 is 0 Å². The number of carbonyl (C=O) groups excluding carboxylic acids is 1. The van der Waals surface area contributed by atoms with E-state index < -0.39 is 5.41 Å². The fraction of sp³-hybridized carbons (Fsp3) is 0.588. The molecule has 0 bridgehead atoms. The summed E-state index contributed by atoms with van der Waals surface area (Å²) >= 11 is 0. The van der Waals surface area contributed by atoms with Gasteiger partial charge in [0.15, 0.2) is 0 Å². The van der Waals surface area contributed by atoms with Crippen molar-refractivity contribution < 1.29 is 4.79 Å². The maximum atomic E-state index is 12.8. The fourth-order valence-electron chi connectivity index (χ4n) is 2.85. The number of hydrogen-bond acceptors (Lipinski definition) is 2. The fourth-order valence-corrected chi connectivity index (χ4v) is 2.85. The van der Waals surface area contributed by atoms with Crippen LogP contribution in [0, 0.1) is 12.3 Å². The van der Waals surface area contributed by atoms with Gasteiger partial charge in [0.25, 0.3) is 0 Å². The van der Waals surface area contributed by atoms with Crippen LogP contribution in [0.5, 0.6) is 0 Å². The van der Waals surface area contributed by atoms with Crippen LogP contribution in [0.25, 0.3) is 0 Å². The number of rotatable bonds is 3. The van der Waals surface area contributed by atoms with Crippen molar-refractivity contribution in [2.24, 2.45) is 11.1 Å². The molecule has 2 N–H and O–H groups in total. The van der Waals surface area contributed by atoms with E-state index in [1.54, 1.807) is 0 Å². The van der Waals surface area contributed by atoms with Crippen LogP contribution in [0.3, 0.4) is 0 Å². The smallest absolute Gasteiger partial charge is 0.232 e. The van der Waals surface area contributed by atoms with Crippen molar-refractivity contribution in [2.75, 3.05) is 19.6 Å². The third kappa shape index (κ3) is 2.73. The molecule has 110 valence electrons. The number of aryl methyl sites for hydroxylation is 1. The number of amides is 1. The molecule has 0 aliphatic carbocycles. The van der Waals surface area contributed by atoms with Gasteiger partial charge in [0.1, 0.15) is 0 Å². The Balaban J connectivity index is 2.18. The van der Waals surface area contributed by atoms with Crippen molar-refractivity contribution in [3.8, 4) is 0 Å². The van der Waals surface area contributed by atoms with Crippen molar-refractivity contribution in [3.63, 3.8) is 0 Å². The predicted octanol–water partition coefficient (Wildman–Crippen LogP) is 2.47. The maximum absolute atomic E-state index is 12.8. The molecule has 1 fully saturated rings. The molecule has 1 atom stereocenters. The van der Waals surface area contributed by atoms with E-state index in [1.165, 1.54) is 5.56 Å². The van der Waals surface area contributed by atoms with Gasteiger partial charge in [-0.1, -0.05) is 36.8 Å². The highest BCUT2D eigenvalue weighted by Gasteiger charge is 2.40. The number of nitrogens with zero attached hydrogens (tertiary/aromatic N) is 1. The second kappa shape index (κ2) is 5.21. The summed E-state index contributed by atoms with van der Waals surface area (Å²) < 4.78 is 0. The zero-order chi connectivity index (χ0) is 15.0. The molecule has 0 radical (unpaired) electrons. The first-order valence-electron chi connectivity index (χ1n) is 7.35. The van der Waals surface area contributed by atoms with Crippen LogP contribution in [0.2, 0.25) is 0 Å². The Kier molecular flexibility index (Phi) is 3.92. The summed E-state index contributed by atoms with van der Waals surface area (Å²) in [5, 5.41) is 0. The molecule has 1 unspecified atom stereocenters. The summed E-state index contributed by atoms with van der Waals surface area (Å²) in [5.41, 5.74) is 7.73. The summed E-state index contributed by atoms with van der Waals surface area (Å²) in [6.07, 6.45) is 0.999. The molecular weight excluding hydrogens is 248 g/mol. The number of hydrogen-bond donors (Lipinski definition) is 1. The molecule has 1 amide bonds. The zero-order valence-electron chi connectivity index (χ0n) is 13.1. The highest BCUT2D eigenvalue weighted by atomic mass is 16.2. The van der Waals surface area contributed by atoms with Gasteiger partial charge in [0.05, 0.1) is 5.41 Å². The van der Waals surface area contributed by atoms with E-state index in [2.05, 4.69) is 38.1 Å². The van der Waals surface area contributed by atoms with E-state index in [0.29, 0.717) is 6.54 Å². The SMILES string of the molecule is Cc1ccc(C(C)(C)C(=O)N2CCC(C)(CN)C2)cc1. The molecule has 2 rings (SSSR count). The van der Waals surface area contributed by atoms with Gasteiger partial charge in [-0.3, -0.25) is 4.79 Å². The summed E-state index contributed by atoms with van der Waals surface area (Å²) in [4.78, 5) is 14.8. The van der Waals surface area contributed by atoms with E-state index in [0.717, 1.165) is 25.1 Å². The Morgan fingerprint density at radius 3 is 2.45 bits per heavy atom. The van der Waals surface area contributed by atoms with Gasteiger partial charge < -0.3 is 10.6 Å². The monoisotopic (exact) mass is 274 g/mol. The largest absolute Gasteiger partial charge is 0.341 e. The normalized spacial score (nSPS) is 23.1. The van der Waals surface area contributed by atoms with Crippen molar-refractivity contribution in [1.29, 1.82) is 0 Å². The van der Waals surface area contributed by atoms with E-state index in [9.17, 15) is 4.79 Å². The van der Waals surface area contributed by atoms with Gasteiger partial charge in [-0.05, 0) is 44.7 Å². The van der Waals surface area contributed by atoms with Crippen molar-refractivity contribution in [1.82, 2.24) is 4.90 Å². The Morgan fingerprint density at radius 1 is 1.35 bits per heavy atom. The van der Waals surface area contributed by atoms with Crippen LogP contribution in [-0.4, -0.2) is 30.4 Å². The minimum atomic E-state index is -0.479. The lowest BCUT2D eigenvalue weighted by atomic mass is 9.82. The lowest BCUT2D eigenvalue weighted by molar-refractivity contribution is -0.135. The number of benzene rings is 1. The summed E-state index contributed by atoms with van der Waals surface area (Å²) in [5.74, 6) is 0.207. The molecule has 0 aromatic heterocycles.